The standard InChI is InChI=1S/C15H22IN3O2/c1-2-9-18(12-5-3-11(17)4-6-12)13-7-8-15(19(20)21)14(16)10-13/h7-8,10-12H,2-6,9,17H2,1H3. The molecule has 6 heteroatoms. The molecule has 2 rings (SSSR count). The molecular weight excluding hydrogens is 381 g/mol. The van der Waals surface area contributed by atoms with E-state index in [0.717, 1.165) is 44.3 Å². The van der Waals surface area contributed by atoms with Gasteiger partial charge in [0.1, 0.15) is 0 Å². The molecule has 0 aliphatic heterocycles. The Labute approximate surface area is 139 Å². The van der Waals surface area contributed by atoms with E-state index in [4.69, 9.17) is 5.73 Å². The van der Waals surface area contributed by atoms with Gasteiger partial charge in [-0.3, -0.25) is 10.1 Å². The number of hydrogen-bond donors (Lipinski definition) is 1. The van der Waals surface area contributed by atoms with E-state index >= 15 is 0 Å². The number of nitrogens with zero attached hydrogens (tertiary/aromatic N) is 2. The van der Waals surface area contributed by atoms with Gasteiger partial charge in [-0.25, -0.2) is 0 Å². The van der Waals surface area contributed by atoms with E-state index in [9.17, 15) is 10.1 Å². The zero-order valence-electron chi connectivity index (χ0n) is 12.3. The molecular formula is C15H22IN3O2. The maximum Gasteiger partial charge on any atom is 0.282 e. The minimum absolute atomic E-state index is 0.182. The third-order valence-electron chi connectivity index (χ3n) is 4.11. The van der Waals surface area contributed by atoms with Crippen molar-refractivity contribution in [2.24, 2.45) is 5.73 Å². The van der Waals surface area contributed by atoms with Crippen LogP contribution in [0.3, 0.4) is 0 Å². The zero-order valence-corrected chi connectivity index (χ0v) is 14.5. The summed E-state index contributed by atoms with van der Waals surface area (Å²) in [6.45, 7) is 3.14. The molecule has 1 aromatic rings. The molecule has 0 spiro atoms. The lowest BCUT2D eigenvalue weighted by atomic mass is 9.90. The van der Waals surface area contributed by atoms with Gasteiger partial charge in [-0.15, -0.1) is 0 Å². The Kier molecular flexibility index (Phi) is 5.80. The van der Waals surface area contributed by atoms with Gasteiger partial charge in [0, 0.05) is 30.4 Å². The molecule has 0 aromatic heterocycles. The van der Waals surface area contributed by atoms with Gasteiger partial charge in [0.05, 0.1) is 8.49 Å². The molecule has 0 heterocycles. The summed E-state index contributed by atoms with van der Waals surface area (Å²) in [4.78, 5) is 13.0. The Morgan fingerprint density at radius 2 is 2.05 bits per heavy atom. The summed E-state index contributed by atoms with van der Waals surface area (Å²) in [5, 5.41) is 10.9. The molecule has 116 valence electrons. The second-order valence-corrected chi connectivity index (χ2v) is 6.82. The van der Waals surface area contributed by atoms with Crippen molar-refractivity contribution < 1.29 is 4.92 Å². The smallest absolute Gasteiger partial charge is 0.282 e. The van der Waals surface area contributed by atoms with Crippen molar-refractivity contribution in [3.63, 3.8) is 0 Å². The van der Waals surface area contributed by atoms with Crippen LogP contribution in [0.1, 0.15) is 39.0 Å². The van der Waals surface area contributed by atoms with Crippen LogP contribution in [0.25, 0.3) is 0 Å². The highest BCUT2D eigenvalue weighted by atomic mass is 127. The Balaban J connectivity index is 2.21. The summed E-state index contributed by atoms with van der Waals surface area (Å²) in [6.07, 6.45) is 5.41. The Morgan fingerprint density at radius 3 is 2.57 bits per heavy atom. The maximum atomic E-state index is 10.9. The molecule has 0 radical (unpaired) electrons. The van der Waals surface area contributed by atoms with E-state index in [1.807, 2.05) is 34.7 Å². The average molecular weight is 403 g/mol. The lowest BCUT2D eigenvalue weighted by Gasteiger charge is -2.37. The summed E-state index contributed by atoms with van der Waals surface area (Å²) in [6, 6.07) is 6.27. The highest BCUT2D eigenvalue weighted by Gasteiger charge is 2.25. The summed E-state index contributed by atoms with van der Waals surface area (Å²) in [5.74, 6) is 0. The molecule has 1 fully saturated rings. The number of hydrogen-bond acceptors (Lipinski definition) is 4. The van der Waals surface area contributed by atoms with Gasteiger partial charge in [0.25, 0.3) is 5.69 Å². The fourth-order valence-corrected chi connectivity index (χ4v) is 3.69. The number of nitro groups is 1. The quantitative estimate of drug-likeness (QED) is 0.463. The van der Waals surface area contributed by atoms with Gasteiger partial charge in [0.15, 0.2) is 0 Å². The summed E-state index contributed by atoms with van der Waals surface area (Å²) in [5.41, 5.74) is 7.26. The van der Waals surface area contributed by atoms with Crippen LogP contribution in [-0.4, -0.2) is 23.6 Å². The largest absolute Gasteiger partial charge is 0.369 e. The number of benzene rings is 1. The second kappa shape index (κ2) is 7.40. The van der Waals surface area contributed by atoms with Crippen molar-refractivity contribution in [3.05, 3.63) is 31.9 Å². The Bertz CT molecular complexity index is 502. The first kappa shape index (κ1) is 16.5. The van der Waals surface area contributed by atoms with Crippen LogP contribution in [0.4, 0.5) is 11.4 Å². The first-order valence-corrected chi connectivity index (χ1v) is 8.57. The molecule has 0 atom stereocenters. The lowest BCUT2D eigenvalue weighted by molar-refractivity contribution is -0.385. The number of halogens is 1. The summed E-state index contributed by atoms with van der Waals surface area (Å²) < 4.78 is 0.698. The van der Waals surface area contributed by atoms with Crippen LogP contribution in [0, 0.1) is 13.7 Å². The van der Waals surface area contributed by atoms with Crippen molar-refractivity contribution in [1.29, 1.82) is 0 Å². The van der Waals surface area contributed by atoms with Gasteiger partial charge in [-0.1, -0.05) is 6.92 Å². The number of nitro benzene ring substituents is 1. The molecule has 1 aliphatic carbocycles. The topological polar surface area (TPSA) is 72.4 Å². The molecule has 0 unspecified atom stereocenters. The first-order chi connectivity index (χ1) is 10.0. The van der Waals surface area contributed by atoms with Crippen LogP contribution in [0.2, 0.25) is 0 Å². The van der Waals surface area contributed by atoms with E-state index < -0.39 is 0 Å². The second-order valence-electron chi connectivity index (χ2n) is 5.65. The predicted octanol–water partition coefficient (Wildman–Crippen LogP) is 3.69. The molecule has 0 saturated heterocycles. The van der Waals surface area contributed by atoms with Gasteiger partial charge in [-0.05, 0) is 66.8 Å². The van der Waals surface area contributed by atoms with Crippen LogP contribution >= 0.6 is 22.6 Å². The number of anilines is 1. The SMILES string of the molecule is CCCN(c1ccc([N+](=O)[O-])c(I)c1)C1CCC(N)CC1. The van der Waals surface area contributed by atoms with E-state index in [1.165, 1.54) is 0 Å². The molecule has 0 bridgehead atoms. The first-order valence-electron chi connectivity index (χ1n) is 7.49. The monoisotopic (exact) mass is 403 g/mol. The molecule has 1 aliphatic rings. The van der Waals surface area contributed by atoms with Crippen LogP contribution < -0.4 is 10.6 Å². The Morgan fingerprint density at radius 1 is 1.38 bits per heavy atom. The van der Waals surface area contributed by atoms with Crippen molar-refractivity contribution in [3.8, 4) is 0 Å². The van der Waals surface area contributed by atoms with E-state index in [2.05, 4.69) is 11.8 Å². The molecule has 1 aromatic carbocycles. The lowest BCUT2D eigenvalue weighted by Crippen LogP contribution is -2.41. The van der Waals surface area contributed by atoms with Crippen molar-refractivity contribution in [2.75, 3.05) is 11.4 Å². The average Bonchev–Trinajstić information content (AvgIpc) is 2.45. The molecule has 0 amide bonds. The third-order valence-corrected chi connectivity index (χ3v) is 4.97. The fourth-order valence-electron chi connectivity index (χ4n) is 3.00. The van der Waals surface area contributed by atoms with Crippen LogP contribution in [0.5, 0.6) is 0 Å². The number of nitrogens with two attached hydrogens (primary N) is 1. The third kappa shape index (κ3) is 4.06. The van der Waals surface area contributed by atoms with Crippen LogP contribution in [0.15, 0.2) is 18.2 Å². The molecule has 1 saturated carbocycles. The Hall–Kier alpha value is -0.890. The molecule has 2 N–H and O–H groups in total. The van der Waals surface area contributed by atoms with Gasteiger partial charge in [-0.2, -0.15) is 0 Å². The number of rotatable bonds is 5. The van der Waals surface area contributed by atoms with Crippen LogP contribution in [-0.2, 0) is 0 Å². The minimum Gasteiger partial charge on any atom is -0.369 e. The van der Waals surface area contributed by atoms with Gasteiger partial charge in [0.2, 0.25) is 0 Å². The van der Waals surface area contributed by atoms with Crippen molar-refractivity contribution >= 4 is 34.0 Å². The van der Waals surface area contributed by atoms with E-state index in [0.29, 0.717) is 15.7 Å². The van der Waals surface area contributed by atoms with Crippen molar-refractivity contribution in [1.82, 2.24) is 0 Å². The summed E-state index contributed by atoms with van der Waals surface area (Å²) in [7, 11) is 0. The van der Waals surface area contributed by atoms with E-state index in [1.54, 1.807) is 6.07 Å². The fraction of sp³-hybridized carbons (Fsp3) is 0.600. The highest BCUT2D eigenvalue weighted by Crippen LogP contribution is 2.31. The molecule has 21 heavy (non-hydrogen) atoms. The van der Waals surface area contributed by atoms with Gasteiger partial charge < -0.3 is 10.6 Å². The molecule has 5 nitrogen and oxygen atoms in total. The van der Waals surface area contributed by atoms with Gasteiger partial charge >= 0.3 is 0 Å². The highest BCUT2D eigenvalue weighted by molar-refractivity contribution is 14.1. The normalized spacial score (nSPS) is 22.0. The summed E-state index contributed by atoms with van der Waals surface area (Å²) >= 11 is 2.05. The minimum atomic E-state index is -0.324. The van der Waals surface area contributed by atoms with E-state index in [-0.39, 0.29) is 10.6 Å². The maximum absolute atomic E-state index is 10.9. The predicted molar refractivity (Wildman–Crippen MR) is 93.7 cm³/mol. The zero-order chi connectivity index (χ0) is 15.4. The van der Waals surface area contributed by atoms with Crippen molar-refractivity contribution in [2.45, 2.75) is 51.1 Å².